The Balaban J connectivity index is 1.17. The van der Waals surface area contributed by atoms with E-state index in [0.29, 0.717) is 12.2 Å². The lowest BCUT2D eigenvalue weighted by Crippen LogP contribution is -2.36. The molecule has 1 aliphatic carbocycles. The molecule has 9 heteroatoms. The average Bonchev–Trinajstić information content (AvgIpc) is 3.49. The summed E-state index contributed by atoms with van der Waals surface area (Å²) in [6.07, 6.45) is 18.5. The number of pyridine rings is 1. The number of aryl methyl sites for hydroxylation is 1. The summed E-state index contributed by atoms with van der Waals surface area (Å²) in [6.45, 7) is 1.40. The normalized spacial score (nSPS) is 17.7. The second kappa shape index (κ2) is 9.92. The van der Waals surface area contributed by atoms with Crippen molar-refractivity contribution in [3.8, 4) is 11.3 Å². The van der Waals surface area contributed by atoms with E-state index >= 15 is 0 Å². The standard InChI is InChI=1S/C22H24FN7O/c23-18-8-9-20(25-15-18)17-14-28-29(16-17)13-5-1-4-10-24-22(31)19-6-2-3-7-21(19)30-26-11-12-27-30/h2-3,6-9,11-12,14-16,19,21H,1,4-5,10,13H2,(H,24,31). The molecule has 31 heavy (non-hydrogen) atoms. The van der Waals surface area contributed by atoms with Crippen molar-refractivity contribution in [3.05, 3.63) is 73.2 Å². The van der Waals surface area contributed by atoms with Crippen LogP contribution < -0.4 is 5.32 Å². The number of hydrogen-bond donors (Lipinski definition) is 1. The molecule has 0 saturated carbocycles. The van der Waals surface area contributed by atoms with Gasteiger partial charge >= 0.3 is 0 Å². The average molecular weight is 421 g/mol. The molecular formula is C22H24FN7O. The van der Waals surface area contributed by atoms with Gasteiger partial charge in [0.2, 0.25) is 5.91 Å². The number of carbonyl (C=O) groups excluding carboxylic acids is 1. The Morgan fingerprint density at radius 1 is 1.03 bits per heavy atom. The number of rotatable bonds is 9. The summed E-state index contributed by atoms with van der Waals surface area (Å²) in [5, 5.41) is 15.7. The van der Waals surface area contributed by atoms with E-state index in [4.69, 9.17) is 0 Å². The van der Waals surface area contributed by atoms with Crippen LogP contribution in [0.3, 0.4) is 0 Å². The molecule has 3 heterocycles. The summed E-state index contributed by atoms with van der Waals surface area (Å²) in [7, 11) is 0. The molecule has 0 aliphatic heterocycles. The van der Waals surface area contributed by atoms with Gasteiger partial charge in [0.25, 0.3) is 0 Å². The summed E-state index contributed by atoms with van der Waals surface area (Å²) >= 11 is 0. The fourth-order valence-electron chi connectivity index (χ4n) is 3.51. The first-order chi connectivity index (χ1) is 15.2. The monoisotopic (exact) mass is 421 g/mol. The zero-order valence-corrected chi connectivity index (χ0v) is 17.0. The van der Waals surface area contributed by atoms with E-state index in [1.807, 2.05) is 35.2 Å². The van der Waals surface area contributed by atoms with Crippen molar-refractivity contribution in [3.63, 3.8) is 0 Å². The first kappa shape index (κ1) is 20.6. The maximum Gasteiger partial charge on any atom is 0.229 e. The number of halogens is 1. The minimum Gasteiger partial charge on any atom is -0.356 e. The van der Waals surface area contributed by atoms with E-state index in [1.54, 1.807) is 29.5 Å². The molecule has 4 rings (SSSR count). The summed E-state index contributed by atoms with van der Waals surface area (Å²) in [4.78, 5) is 18.2. The maximum atomic E-state index is 13.0. The molecule has 3 aromatic rings. The zero-order chi connectivity index (χ0) is 21.5. The van der Waals surface area contributed by atoms with Crippen LogP contribution in [0.4, 0.5) is 4.39 Å². The molecular weight excluding hydrogens is 397 g/mol. The van der Waals surface area contributed by atoms with Crippen molar-refractivity contribution in [2.75, 3.05) is 6.54 Å². The highest BCUT2D eigenvalue weighted by Crippen LogP contribution is 2.23. The maximum absolute atomic E-state index is 13.0. The lowest BCUT2D eigenvalue weighted by Gasteiger charge is -2.22. The zero-order valence-electron chi connectivity index (χ0n) is 17.0. The van der Waals surface area contributed by atoms with Crippen molar-refractivity contribution in [2.24, 2.45) is 5.92 Å². The predicted molar refractivity (Wildman–Crippen MR) is 113 cm³/mol. The molecule has 0 fully saturated rings. The number of hydrogen-bond acceptors (Lipinski definition) is 5. The third-order valence-electron chi connectivity index (χ3n) is 5.13. The van der Waals surface area contributed by atoms with E-state index in [9.17, 15) is 9.18 Å². The summed E-state index contributed by atoms with van der Waals surface area (Å²) < 4.78 is 14.9. The Morgan fingerprint density at radius 3 is 2.68 bits per heavy atom. The second-order valence-electron chi connectivity index (χ2n) is 7.34. The van der Waals surface area contributed by atoms with Crippen LogP contribution in [0.25, 0.3) is 11.3 Å². The van der Waals surface area contributed by atoms with E-state index < -0.39 is 0 Å². The van der Waals surface area contributed by atoms with Crippen LogP contribution >= 0.6 is 0 Å². The minimum absolute atomic E-state index is 0.0218. The SMILES string of the molecule is O=C(NCCCCCn1cc(-c2ccc(F)cn2)cn1)C1C=CC=CC1n1nccn1. The van der Waals surface area contributed by atoms with Gasteiger partial charge in [-0.15, -0.1) is 0 Å². The number of unbranched alkanes of at least 4 members (excludes halogenated alkanes) is 2. The van der Waals surface area contributed by atoms with Crippen LogP contribution in [0.15, 0.2) is 67.4 Å². The van der Waals surface area contributed by atoms with E-state index in [0.717, 1.165) is 31.4 Å². The molecule has 3 aromatic heterocycles. The van der Waals surface area contributed by atoms with E-state index in [2.05, 4.69) is 25.6 Å². The highest BCUT2D eigenvalue weighted by Gasteiger charge is 2.27. The number of nitrogens with zero attached hydrogens (tertiary/aromatic N) is 6. The minimum atomic E-state index is -0.354. The third-order valence-corrected chi connectivity index (χ3v) is 5.13. The topological polar surface area (TPSA) is 90.5 Å². The Morgan fingerprint density at radius 2 is 1.87 bits per heavy atom. The number of carbonyl (C=O) groups is 1. The quantitative estimate of drug-likeness (QED) is 0.537. The molecule has 0 spiro atoms. The van der Waals surface area contributed by atoms with E-state index in [1.165, 1.54) is 12.3 Å². The first-order valence-corrected chi connectivity index (χ1v) is 10.3. The fourth-order valence-corrected chi connectivity index (χ4v) is 3.51. The van der Waals surface area contributed by atoms with Crippen LogP contribution in [-0.4, -0.2) is 42.2 Å². The Hall–Kier alpha value is -3.62. The van der Waals surface area contributed by atoms with Crippen LogP contribution in [0, 0.1) is 11.7 Å². The van der Waals surface area contributed by atoms with Crippen molar-refractivity contribution >= 4 is 5.91 Å². The molecule has 2 unspecified atom stereocenters. The van der Waals surface area contributed by atoms with Gasteiger partial charge in [-0.1, -0.05) is 24.3 Å². The third kappa shape index (κ3) is 5.30. The second-order valence-corrected chi connectivity index (χ2v) is 7.34. The molecule has 160 valence electrons. The van der Waals surface area contributed by atoms with Crippen LogP contribution in [-0.2, 0) is 11.3 Å². The summed E-state index contributed by atoms with van der Waals surface area (Å²) in [5.74, 6) is -0.695. The van der Waals surface area contributed by atoms with Crippen LogP contribution in [0.5, 0.6) is 0 Å². The molecule has 0 radical (unpaired) electrons. The molecule has 1 amide bonds. The molecule has 0 saturated heterocycles. The summed E-state index contributed by atoms with van der Waals surface area (Å²) in [6, 6.07) is 2.83. The van der Waals surface area contributed by atoms with Gasteiger partial charge in [-0.2, -0.15) is 20.1 Å². The molecule has 8 nitrogen and oxygen atoms in total. The van der Waals surface area contributed by atoms with Crippen molar-refractivity contribution in [1.29, 1.82) is 0 Å². The van der Waals surface area contributed by atoms with Gasteiger partial charge < -0.3 is 5.32 Å². The largest absolute Gasteiger partial charge is 0.356 e. The Bertz CT molecular complexity index is 1040. The smallest absolute Gasteiger partial charge is 0.229 e. The predicted octanol–water partition coefficient (Wildman–Crippen LogP) is 2.95. The van der Waals surface area contributed by atoms with Crippen molar-refractivity contribution < 1.29 is 9.18 Å². The van der Waals surface area contributed by atoms with Gasteiger partial charge in [0.15, 0.2) is 0 Å². The van der Waals surface area contributed by atoms with Gasteiger partial charge in [-0.25, -0.2) is 4.39 Å². The van der Waals surface area contributed by atoms with Crippen LogP contribution in [0.1, 0.15) is 25.3 Å². The van der Waals surface area contributed by atoms with Gasteiger partial charge in [0, 0.05) is 24.8 Å². The van der Waals surface area contributed by atoms with E-state index in [-0.39, 0.29) is 23.7 Å². The van der Waals surface area contributed by atoms with Gasteiger partial charge in [0.05, 0.1) is 36.4 Å². The molecule has 0 bridgehead atoms. The molecule has 1 N–H and O–H groups in total. The first-order valence-electron chi connectivity index (χ1n) is 10.3. The summed E-state index contributed by atoms with van der Waals surface area (Å²) in [5.41, 5.74) is 1.56. The highest BCUT2D eigenvalue weighted by atomic mass is 19.1. The fraction of sp³-hybridized carbons (Fsp3) is 0.318. The lowest BCUT2D eigenvalue weighted by atomic mass is 9.94. The van der Waals surface area contributed by atoms with Crippen LogP contribution in [0.2, 0.25) is 0 Å². The lowest BCUT2D eigenvalue weighted by molar-refractivity contribution is -0.124. The number of nitrogens with one attached hydrogen (secondary N) is 1. The van der Waals surface area contributed by atoms with Gasteiger partial charge in [-0.05, 0) is 31.4 Å². The van der Waals surface area contributed by atoms with Gasteiger partial charge in [-0.3, -0.25) is 14.5 Å². The van der Waals surface area contributed by atoms with Gasteiger partial charge in [0.1, 0.15) is 11.9 Å². The highest BCUT2D eigenvalue weighted by molar-refractivity contribution is 5.81. The number of amides is 1. The van der Waals surface area contributed by atoms with Crippen molar-refractivity contribution in [2.45, 2.75) is 31.8 Å². The molecule has 0 aromatic carbocycles. The Kier molecular flexibility index (Phi) is 6.61. The number of aromatic nitrogens is 6. The molecule has 2 atom stereocenters. The van der Waals surface area contributed by atoms with Crippen molar-refractivity contribution in [1.82, 2.24) is 35.1 Å². The number of allylic oxidation sites excluding steroid dienone is 3. The Labute approximate surface area is 179 Å². The molecule has 1 aliphatic rings.